The van der Waals surface area contributed by atoms with E-state index in [0.717, 1.165) is 11.1 Å². The summed E-state index contributed by atoms with van der Waals surface area (Å²) in [7, 11) is -0.288. The molecular formula is C18H24N4O4S. The Morgan fingerprint density at radius 2 is 1.85 bits per heavy atom. The molecule has 2 heterocycles. The summed E-state index contributed by atoms with van der Waals surface area (Å²) < 4.78 is 34.0. The second-order valence-corrected chi connectivity index (χ2v) is 8.44. The molecule has 146 valence electrons. The molecule has 0 aliphatic carbocycles. The number of carbonyl (C=O) groups excluding carboxylic acids is 1. The molecule has 0 unspecified atom stereocenters. The summed E-state index contributed by atoms with van der Waals surface area (Å²) in [4.78, 5) is 13.9. The van der Waals surface area contributed by atoms with Gasteiger partial charge in [0.15, 0.2) is 0 Å². The summed E-state index contributed by atoms with van der Waals surface area (Å²) in [5.41, 5.74) is 1.85. The minimum absolute atomic E-state index is 0.0164. The predicted molar refractivity (Wildman–Crippen MR) is 100 cm³/mol. The summed E-state index contributed by atoms with van der Waals surface area (Å²) in [6, 6.07) is 6.82. The van der Waals surface area contributed by atoms with Crippen molar-refractivity contribution in [3.63, 3.8) is 0 Å². The van der Waals surface area contributed by atoms with E-state index in [1.807, 2.05) is 13.2 Å². The van der Waals surface area contributed by atoms with Crippen LogP contribution in [0.1, 0.15) is 6.42 Å². The Morgan fingerprint density at radius 3 is 2.48 bits per heavy atom. The SMILES string of the molecule is COCC(=O)N1CCCN(S(=O)(=O)c2ccc(-c3cnn(C)c3)cc2)CC1. The molecule has 0 spiro atoms. The third-order valence-corrected chi connectivity index (χ3v) is 6.52. The van der Waals surface area contributed by atoms with E-state index in [-0.39, 0.29) is 24.0 Å². The smallest absolute Gasteiger partial charge is 0.248 e. The Labute approximate surface area is 159 Å². The van der Waals surface area contributed by atoms with Crippen LogP contribution in [0.2, 0.25) is 0 Å². The van der Waals surface area contributed by atoms with Crippen LogP contribution in [0, 0.1) is 0 Å². The van der Waals surface area contributed by atoms with Gasteiger partial charge >= 0.3 is 0 Å². The number of nitrogens with zero attached hydrogens (tertiary/aromatic N) is 4. The zero-order valence-corrected chi connectivity index (χ0v) is 16.4. The third-order valence-electron chi connectivity index (χ3n) is 4.61. The van der Waals surface area contributed by atoms with E-state index in [1.54, 1.807) is 40.0 Å². The lowest BCUT2D eigenvalue weighted by molar-refractivity contribution is -0.134. The van der Waals surface area contributed by atoms with E-state index in [4.69, 9.17) is 4.74 Å². The predicted octanol–water partition coefficient (Wildman–Crippen LogP) is 0.956. The first-order valence-electron chi connectivity index (χ1n) is 8.78. The fraction of sp³-hybridized carbons (Fsp3) is 0.444. The number of aryl methyl sites for hydroxylation is 1. The summed E-state index contributed by atoms with van der Waals surface area (Å²) in [5, 5.41) is 4.13. The van der Waals surface area contributed by atoms with E-state index in [2.05, 4.69) is 5.10 Å². The van der Waals surface area contributed by atoms with Gasteiger partial charge in [0.05, 0.1) is 11.1 Å². The van der Waals surface area contributed by atoms with E-state index >= 15 is 0 Å². The Morgan fingerprint density at radius 1 is 1.11 bits per heavy atom. The standard InChI is InChI=1S/C18H24N4O4S/c1-20-13-16(12-19-20)15-4-6-17(7-5-15)27(24,25)22-9-3-8-21(10-11-22)18(23)14-26-2/h4-7,12-13H,3,8-11,14H2,1-2H3. The number of amides is 1. The third kappa shape index (κ3) is 4.37. The minimum atomic E-state index is -3.60. The molecule has 1 aliphatic heterocycles. The molecule has 0 bridgehead atoms. The van der Waals surface area contributed by atoms with Gasteiger partial charge in [-0.05, 0) is 24.1 Å². The molecule has 8 nitrogen and oxygen atoms in total. The second-order valence-electron chi connectivity index (χ2n) is 6.50. The van der Waals surface area contributed by atoms with Gasteiger partial charge in [0.25, 0.3) is 0 Å². The fourth-order valence-electron chi connectivity index (χ4n) is 3.14. The van der Waals surface area contributed by atoms with Gasteiger partial charge in [-0.15, -0.1) is 0 Å². The molecule has 1 aromatic heterocycles. The molecule has 1 aliphatic rings. The highest BCUT2D eigenvalue weighted by atomic mass is 32.2. The van der Waals surface area contributed by atoms with Crippen LogP contribution in [0.25, 0.3) is 11.1 Å². The van der Waals surface area contributed by atoms with Gasteiger partial charge in [-0.1, -0.05) is 12.1 Å². The molecule has 1 amide bonds. The number of aromatic nitrogens is 2. The lowest BCUT2D eigenvalue weighted by atomic mass is 10.1. The first kappa shape index (κ1) is 19.5. The molecular weight excluding hydrogens is 368 g/mol. The molecule has 0 atom stereocenters. The van der Waals surface area contributed by atoms with Gasteiger partial charge < -0.3 is 9.64 Å². The summed E-state index contributed by atoms with van der Waals surface area (Å²) in [6.07, 6.45) is 4.22. The van der Waals surface area contributed by atoms with Crippen molar-refractivity contribution in [1.29, 1.82) is 0 Å². The van der Waals surface area contributed by atoms with Crippen LogP contribution >= 0.6 is 0 Å². The molecule has 0 N–H and O–H groups in total. The Kier molecular flexibility index (Phi) is 5.93. The molecule has 2 aromatic rings. The van der Waals surface area contributed by atoms with Gasteiger partial charge in [0.2, 0.25) is 15.9 Å². The number of ether oxygens (including phenoxy) is 1. The number of carbonyl (C=O) groups is 1. The van der Waals surface area contributed by atoms with Crippen molar-refractivity contribution in [2.45, 2.75) is 11.3 Å². The molecule has 9 heteroatoms. The maximum absolute atomic E-state index is 13.0. The van der Waals surface area contributed by atoms with Gasteiger partial charge in [-0.2, -0.15) is 9.40 Å². The summed E-state index contributed by atoms with van der Waals surface area (Å²) >= 11 is 0. The Balaban J connectivity index is 1.73. The molecule has 3 rings (SSSR count). The maximum atomic E-state index is 13.0. The van der Waals surface area contributed by atoms with Crippen molar-refractivity contribution in [2.24, 2.45) is 7.05 Å². The van der Waals surface area contributed by atoms with Crippen molar-refractivity contribution < 1.29 is 17.9 Å². The number of sulfonamides is 1. The first-order valence-corrected chi connectivity index (χ1v) is 10.2. The van der Waals surface area contributed by atoms with Crippen LogP contribution in [-0.4, -0.2) is 73.2 Å². The van der Waals surface area contributed by atoms with E-state index < -0.39 is 10.0 Å². The van der Waals surface area contributed by atoms with Crippen LogP contribution in [-0.2, 0) is 26.6 Å². The van der Waals surface area contributed by atoms with Gasteiger partial charge in [-0.3, -0.25) is 9.48 Å². The highest BCUT2D eigenvalue weighted by molar-refractivity contribution is 7.89. The lowest BCUT2D eigenvalue weighted by Gasteiger charge is -2.21. The number of rotatable bonds is 5. The first-order chi connectivity index (χ1) is 12.9. The van der Waals surface area contributed by atoms with Crippen molar-refractivity contribution in [3.05, 3.63) is 36.7 Å². The molecule has 1 aromatic carbocycles. The van der Waals surface area contributed by atoms with Crippen molar-refractivity contribution in [3.8, 4) is 11.1 Å². The average molecular weight is 392 g/mol. The Bertz CT molecular complexity index is 892. The molecule has 1 saturated heterocycles. The normalized spacial score (nSPS) is 16.3. The second kappa shape index (κ2) is 8.20. The number of hydrogen-bond acceptors (Lipinski definition) is 5. The number of benzene rings is 1. The zero-order valence-electron chi connectivity index (χ0n) is 15.5. The van der Waals surface area contributed by atoms with Crippen molar-refractivity contribution in [1.82, 2.24) is 19.0 Å². The highest BCUT2D eigenvalue weighted by Gasteiger charge is 2.28. The van der Waals surface area contributed by atoms with Crippen LogP contribution in [0.5, 0.6) is 0 Å². The lowest BCUT2D eigenvalue weighted by Crippen LogP contribution is -2.38. The van der Waals surface area contributed by atoms with E-state index in [0.29, 0.717) is 26.1 Å². The van der Waals surface area contributed by atoms with Gasteiger partial charge in [-0.25, -0.2) is 8.42 Å². The van der Waals surface area contributed by atoms with E-state index in [9.17, 15) is 13.2 Å². The topological polar surface area (TPSA) is 84.7 Å². The fourth-order valence-corrected chi connectivity index (χ4v) is 4.61. The summed E-state index contributed by atoms with van der Waals surface area (Å²) in [6.45, 7) is 1.59. The van der Waals surface area contributed by atoms with Crippen molar-refractivity contribution >= 4 is 15.9 Å². The minimum Gasteiger partial charge on any atom is -0.375 e. The summed E-state index contributed by atoms with van der Waals surface area (Å²) in [5.74, 6) is -0.113. The maximum Gasteiger partial charge on any atom is 0.248 e. The van der Waals surface area contributed by atoms with E-state index in [1.165, 1.54) is 11.4 Å². The molecule has 0 saturated carbocycles. The van der Waals surface area contributed by atoms with Crippen LogP contribution in [0.3, 0.4) is 0 Å². The quantitative estimate of drug-likeness (QED) is 0.757. The van der Waals surface area contributed by atoms with Gasteiger partial charge in [0, 0.05) is 52.1 Å². The molecule has 27 heavy (non-hydrogen) atoms. The zero-order chi connectivity index (χ0) is 19.4. The van der Waals surface area contributed by atoms with Crippen LogP contribution in [0.15, 0.2) is 41.6 Å². The van der Waals surface area contributed by atoms with Crippen molar-refractivity contribution in [2.75, 3.05) is 39.9 Å². The highest BCUT2D eigenvalue weighted by Crippen LogP contribution is 2.23. The van der Waals surface area contributed by atoms with Crippen LogP contribution < -0.4 is 0 Å². The van der Waals surface area contributed by atoms with Gasteiger partial charge in [0.1, 0.15) is 6.61 Å². The number of hydrogen-bond donors (Lipinski definition) is 0. The number of methoxy groups -OCH3 is 1. The van der Waals surface area contributed by atoms with Crippen LogP contribution in [0.4, 0.5) is 0 Å². The average Bonchev–Trinajstić information content (AvgIpc) is 2.93. The monoisotopic (exact) mass is 392 g/mol. The Hall–Kier alpha value is -2.23. The molecule has 0 radical (unpaired) electrons. The largest absolute Gasteiger partial charge is 0.375 e. The molecule has 1 fully saturated rings.